The molecule has 0 radical (unpaired) electrons. The summed E-state index contributed by atoms with van der Waals surface area (Å²) in [4.78, 5) is 9.86. The first-order valence-electron chi connectivity index (χ1n) is 2.49. The van der Waals surface area contributed by atoms with Crippen molar-refractivity contribution in [3.05, 3.63) is 0 Å². The molecule has 0 saturated heterocycles. The number of hydrogen-bond donors (Lipinski definition) is 2. The van der Waals surface area contributed by atoms with E-state index in [9.17, 15) is 4.79 Å². The van der Waals surface area contributed by atoms with Crippen LogP contribution < -0.4 is 0 Å². The van der Waals surface area contributed by atoms with E-state index in [-0.39, 0.29) is 5.71 Å². The first-order chi connectivity index (χ1) is 3.68. The predicted molar refractivity (Wildman–Crippen MR) is 30.3 cm³/mol. The lowest BCUT2D eigenvalue weighted by molar-refractivity contribution is -0.129. The molecule has 0 unspecified atom stereocenters. The minimum atomic E-state index is -1.10. The van der Waals surface area contributed by atoms with Gasteiger partial charge in [-0.3, -0.25) is 5.41 Å². The zero-order valence-electron chi connectivity index (χ0n) is 4.77. The molecule has 3 heteroatoms. The SMILES string of the molecule is CCCC(=N)C(=O)O. The Bertz CT molecular complexity index is 109. The summed E-state index contributed by atoms with van der Waals surface area (Å²) in [6.45, 7) is 1.84. The minimum Gasteiger partial charge on any atom is -0.477 e. The zero-order chi connectivity index (χ0) is 6.57. The van der Waals surface area contributed by atoms with Crippen LogP contribution in [-0.2, 0) is 4.79 Å². The summed E-state index contributed by atoms with van der Waals surface area (Å²) >= 11 is 0. The molecule has 0 aliphatic heterocycles. The Balaban J connectivity index is 3.49. The van der Waals surface area contributed by atoms with Crippen LogP contribution in [0.3, 0.4) is 0 Å². The second-order valence-corrected chi connectivity index (χ2v) is 1.53. The van der Waals surface area contributed by atoms with Gasteiger partial charge in [0.25, 0.3) is 0 Å². The van der Waals surface area contributed by atoms with Crippen LogP contribution in [0, 0.1) is 5.41 Å². The molecule has 0 saturated carbocycles. The number of aliphatic carboxylic acids is 1. The highest BCUT2D eigenvalue weighted by atomic mass is 16.4. The maximum absolute atomic E-state index is 9.86. The second-order valence-electron chi connectivity index (χ2n) is 1.53. The average Bonchev–Trinajstić information content (AvgIpc) is 1.67. The molecule has 0 aromatic heterocycles. The van der Waals surface area contributed by atoms with E-state index >= 15 is 0 Å². The Morgan fingerprint density at radius 3 is 2.38 bits per heavy atom. The van der Waals surface area contributed by atoms with Crippen molar-refractivity contribution >= 4 is 11.7 Å². The van der Waals surface area contributed by atoms with Crippen LogP contribution in [0.15, 0.2) is 0 Å². The largest absolute Gasteiger partial charge is 0.477 e. The van der Waals surface area contributed by atoms with E-state index in [4.69, 9.17) is 10.5 Å². The zero-order valence-corrected chi connectivity index (χ0v) is 4.77. The van der Waals surface area contributed by atoms with Crippen LogP contribution in [0.1, 0.15) is 19.8 Å². The average molecular weight is 115 g/mol. The normalized spacial score (nSPS) is 8.62. The van der Waals surface area contributed by atoms with Gasteiger partial charge in [-0.1, -0.05) is 13.3 Å². The van der Waals surface area contributed by atoms with Crippen molar-refractivity contribution in [2.24, 2.45) is 0 Å². The van der Waals surface area contributed by atoms with E-state index in [0.29, 0.717) is 6.42 Å². The molecule has 0 heterocycles. The van der Waals surface area contributed by atoms with Crippen LogP contribution >= 0.6 is 0 Å². The van der Waals surface area contributed by atoms with Gasteiger partial charge in [0, 0.05) is 0 Å². The fraction of sp³-hybridized carbons (Fsp3) is 0.600. The molecule has 3 nitrogen and oxygen atoms in total. The molecule has 0 bridgehead atoms. The number of nitrogens with one attached hydrogen (secondary N) is 1. The van der Waals surface area contributed by atoms with E-state index in [1.807, 2.05) is 6.92 Å². The second kappa shape index (κ2) is 3.18. The lowest BCUT2D eigenvalue weighted by Crippen LogP contribution is -2.09. The molecule has 2 N–H and O–H groups in total. The first-order valence-corrected chi connectivity index (χ1v) is 2.49. The smallest absolute Gasteiger partial charge is 0.349 e. The fourth-order valence-corrected chi connectivity index (χ4v) is 0.357. The molecule has 0 aromatic rings. The van der Waals surface area contributed by atoms with Crippen molar-refractivity contribution in [1.29, 1.82) is 5.41 Å². The van der Waals surface area contributed by atoms with Gasteiger partial charge in [-0.15, -0.1) is 0 Å². The van der Waals surface area contributed by atoms with Crippen LogP contribution in [0.2, 0.25) is 0 Å². The summed E-state index contributed by atoms with van der Waals surface area (Å²) in [7, 11) is 0. The maximum atomic E-state index is 9.86. The summed E-state index contributed by atoms with van der Waals surface area (Å²) < 4.78 is 0. The van der Waals surface area contributed by atoms with Crippen molar-refractivity contribution in [3.8, 4) is 0 Å². The van der Waals surface area contributed by atoms with E-state index in [1.54, 1.807) is 0 Å². The standard InChI is InChI=1S/C5H9NO2/c1-2-3-4(6)5(7)8/h6H,2-3H2,1H3,(H,7,8). The summed E-state index contributed by atoms with van der Waals surface area (Å²) in [5, 5.41) is 14.8. The highest BCUT2D eigenvalue weighted by Crippen LogP contribution is 1.87. The third-order valence-electron chi connectivity index (χ3n) is 0.758. The van der Waals surface area contributed by atoms with Crippen LogP contribution in [0.5, 0.6) is 0 Å². The lowest BCUT2D eigenvalue weighted by Gasteiger charge is -1.89. The molecular weight excluding hydrogens is 106 g/mol. The molecule has 0 aliphatic rings. The molecule has 0 rings (SSSR count). The van der Waals surface area contributed by atoms with Gasteiger partial charge in [0.1, 0.15) is 5.71 Å². The Kier molecular flexibility index (Phi) is 2.84. The summed E-state index contributed by atoms with van der Waals surface area (Å²) in [5.74, 6) is -1.10. The highest BCUT2D eigenvalue weighted by Gasteiger charge is 2.02. The van der Waals surface area contributed by atoms with Gasteiger partial charge in [0.05, 0.1) is 0 Å². The van der Waals surface area contributed by atoms with Gasteiger partial charge in [-0.05, 0) is 6.42 Å². The fourth-order valence-electron chi connectivity index (χ4n) is 0.357. The summed E-state index contributed by atoms with van der Waals surface area (Å²) in [5.41, 5.74) is -0.201. The van der Waals surface area contributed by atoms with Crippen molar-refractivity contribution in [2.75, 3.05) is 0 Å². The van der Waals surface area contributed by atoms with Crippen LogP contribution in [-0.4, -0.2) is 16.8 Å². The quantitative estimate of drug-likeness (QED) is 0.536. The molecule has 8 heavy (non-hydrogen) atoms. The van der Waals surface area contributed by atoms with Gasteiger partial charge in [-0.25, -0.2) is 4.79 Å². The van der Waals surface area contributed by atoms with Gasteiger partial charge in [0.15, 0.2) is 0 Å². The molecule has 0 amide bonds. The lowest BCUT2D eigenvalue weighted by atomic mass is 10.2. The topological polar surface area (TPSA) is 61.2 Å². The van der Waals surface area contributed by atoms with Gasteiger partial charge >= 0.3 is 5.97 Å². The van der Waals surface area contributed by atoms with Crippen molar-refractivity contribution in [3.63, 3.8) is 0 Å². The molecule has 0 atom stereocenters. The van der Waals surface area contributed by atoms with E-state index in [2.05, 4.69) is 0 Å². The Labute approximate surface area is 47.8 Å². The maximum Gasteiger partial charge on any atom is 0.349 e. The van der Waals surface area contributed by atoms with E-state index < -0.39 is 5.97 Å². The van der Waals surface area contributed by atoms with Gasteiger partial charge < -0.3 is 5.11 Å². The molecule has 46 valence electrons. The van der Waals surface area contributed by atoms with Crippen LogP contribution in [0.4, 0.5) is 0 Å². The van der Waals surface area contributed by atoms with E-state index in [1.165, 1.54) is 0 Å². The molecule has 0 spiro atoms. The minimum absolute atomic E-state index is 0.201. The van der Waals surface area contributed by atoms with Crippen molar-refractivity contribution < 1.29 is 9.90 Å². The molecule has 0 aromatic carbocycles. The highest BCUT2D eigenvalue weighted by molar-refractivity contribution is 6.34. The Morgan fingerprint density at radius 2 is 2.25 bits per heavy atom. The van der Waals surface area contributed by atoms with E-state index in [0.717, 1.165) is 6.42 Å². The number of carboxylic acid groups (broad SMARTS) is 1. The monoisotopic (exact) mass is 115 g/mol. The molecular formula is C5H9NO2. The predicted octanol–water partition coefficient (Wildman–Crippen LogP) is 0.891. The summed E-state index contributed by atoms with van der Waals surface area (Å²) in [6, 6.07) is 0. The third kappa shape index (κ3) is 2.34. The summed E-state index contributed by atoms with van der Waals surface area (Å²) in [6.07, 6.45) is 1.10. The Hall–Kier alpha value is -0.860. The Morgan fingerprint density at radius 1 is 1.75 bits per heavy atom. The van der Waals surface area contributed by atoms with Gasteiger partial charge in [-0.2, -0.15) is 0 Å². The molecule has 0 aliphatic carbocycles. The number of carboxylic acids is 1. The number of hydrogen-bond acceptors (Lipinski definition) is 2. The third-order valence-corrected chi connectivity index (χ3v) is 0.758. The molecule has 0 fully saturated rings. The number of rotatable bonds is 3. The first kappa shape index (κ1) is 7.14. The number of carbonyl (C=O) groups is 1. The van der Waals surface area contributed by atoms with Crippen LogP contribution in [0.25, 0.3) is 0 Å². The van der Waals surface area contributed by atoms with Crippen molar-refractivity contribution in [2.45, 2.75) is 19.8 Å². The van der Waals surface area contributed by atoms with Crippen molar-refractivity contribution in [1.82, 2.24) is 0 Å². The van der Waals surface area contributed by atoms with Gasteiger partial charge in [0.2, 0.25) is 0 Å².